The fourth-order valence-corrected chi connectivity index (χ4v) is 2.48. The van der Waals surface area contributed by atoms with Gasteiger partial charge in [0.15, 0.2) is 12.0 Å². The first kappa shape index (κ1) is 16.5. The number of aliphatic hydroxyl groups is 4. The second kappa shape index (κ2) is 6.47. The van der Waals surface area contributed by atoms with Crippen molar-refractivity contribution in [2.75, 3.05) is 7.11 Å². The molecule has 2 aliphatic rings. The van der Waals surface area contributed by atoms with E-state index in [1.165, 1.54) is 7.11 Å². The monoisotopic (exact) mass is 306 g/mol. The molecule has 0 radical (unpaired) electrons. The molecule has 1 saturated heterocycles. The van der Waals surface area contributed by atoms with Crippen LogP contribution in [-0.4, -0.2) is 76.6 Å². The van der Waals surface area contributed by atoms with Crippen molar-refractivity contribution in [2.45, 2.75) is 62.9 Å². The molecule has 122 valence electrons. The molecule has 2 rings (SSSR count). The van der Waals surface area contributed by atoms with Crippen LogP contribution in [0, 0.1) is 0 Å². The van der Waals surface area contributed by atoms with Crippen molar-refractivity contribution in [3.8, 4) is 0 Å². The number of methoxy groups -OCH3 is 1. The third-order valence-corrected chi connectivity index (χ3v) is 3.83. The van der Waals surface area contributed by atoms with E-state index < -0.39 is 49.0 Å². The van der Waals surface area contributed by atoms with Crippen LogP contribution in [0.2, 0.25) is 0 Å². The van der Waals surface area contributed by atoms with Crippen molar-refractivity contribution < 1.29 is 39.4 Å². The molecule has 0 aromatic heterocycles. The van der Waals surface area contributed by atoms with Crippen LogP contribution in [0.25, 0.3) is 0 Å². The molecule has 2 heterocycles. The van der Waals surface area contributed by atoms with Gasteiger partial charge in [0.1, 0.15) is 42.9 Å². The average molecular weight is 306 g/mol. The Morgan fingerprint density at radius 3 is 2.33 bits per heavy atom. The summed E-state index contributed by atoms with van der Waals surface area (Å²) in [6.07, 6.45) is -6.55. The molecule has 0 bridgehead atoms. The molecule has 8 heteroatoms. The summed E-state index contributed by atoms with van der Waals surface area (Å²) >= 11 is 0. The molecule has 0 aromatic carbocycles. The standard InChI is InChI=1S/C13H22O8/c1-5-8(15)12(18-3)10(17)13(20-5)21-11-6(2)19-4-7(14)9(11)16/h4-6,8-17H,1-3H3/t5?,6?,8-,9-,10+,11?,12?,13+/m0/s1. The molecule has 0 spiro atoms. The zero-order valence-corrected chi connectivity index (χ0v) is 12.1. The number of ether oxygens (including phenoxy) is 4. The first-order chi connectivity index (χ1) is 9.86. The average Bonchev–Trinajstić information content (AvgIpc) is 2.45. The highest BCUT2D eigenvalue weighted by Crippen LogP contribution is 2.28. The van der Waals surface area contributed by atoms with Gasteiger partial charge in [-0.2, -0.15) is 0 Å². The van der Waals surface area contributed by atoms with Crippen molar-refractivity contribution in [2.24, 2.45) is 0 Å². The lowest BCUT2D eigenvalue weighted by Crippen LogP contribution is -2.60. The Morgan fingerprint density at radius 2 is 1.71 bits per heavy atom. The topological polar surface area (TPSA) is 118 Å². The SMILES string of the molecule is COC1[C@@H](O)C(C)O[C@H](OC2C(C)OC=C(O)[C@@H]2O)[C@@H]1O. The van der Waals surface area contributed by atoms with Crippen molar-refractivity contribution in [3.63, 3.8) is 0 Å². The largest absolute Gasteiger partial charge is 0.506 e. The molecule has 0 aromatic rings. The van der Waals surface area contributed by atoms with Crippen LogP contribution in [0.15, 0.2) is 12.0 Å². The molecule has 0 aliphatic carbocycles. The minimum Gasteiger partial charge on any atom is -0.506 e. The Labute approximate surface area is 122 Å². The van der Waals surface area contributed by atoms with E-state index in [0.717, 1.165) is 6.26 Å². The summed E-state index contributed by atoms with van der Waals surface area (Å²) in [5, 5.41) is 39.5. The molecule has 8 nitrogen and oxygen atoms in total. The summed E-state index contributed by atoms with van der Waals surface area (Å²) in [5.74, 6) is -0.361. The van der Waals surface area contributed by atoms with E-state index in [9.17, 15) is 20.4 Å². The van der Waals surface area contributed by atoms with Gasteiger partial charge in [-0.1, -0.05) is 0 Å². The van der Waals surface area contributed by atoms with Crippen LogP contribution in [-0.2, 0) is 18.9 Å². The number of hydrogen-bond acceptors (Lipinski definition) is 8. The quantitative estimate of drug-likeness (QED) is 0.526. The molecule has 2 aliphatic heterocycles. The van der Waals surface area contributed by atoms with Gasteiger partial charge in [0.2, 0.25) is 0 Å². The van der Waals surface area contributed by atoms with E-state index in [0.29, 0.717) is 0 Å². The van der Waals surface area contributed by atoms with Gasteiger partial charge in [-0.3, -0.25) is 0 Å². The zero-order chi connectivity index (χ0) is 15.7. The van der Waals surface area contributed by atoms with Crippen LogP contribution < -0.4 is 0 Å². The summed E-state index contributed by atoms with van der Waals surface area (Å²) in [4.78, 5) is 0. The lowest BCUT2D eigenvalue weighted by molar-refractivity contribution is -0.320. The molecular weight excluding hydrogens is 284 g/mol. The summed E-state index contributed by atoms with van der Waals surface area (Å²) in [5.41, 5.74) is 0. The van der Waals surface area contributed by atoms with Gasteiger partial charge in [0.25, 0.3) is 0 Å². The fraction of sp³-hybridized carbons (Fsp3) is 0.846. The Kier molecular flexibility index (Phi) is 5.07. The fourth-order valence-electron chi connectivity index (χ4n) is 2.48. The third kappa shape index (κ3) is 3.15. The minimum absolute atomic E-state index is 0.361. The van der Waals surface area contributed by atoms with Gasteiger partial charge in [-0.05, 0) is 13.8 Å². The second-order valence-electron chi connectivity index (χ2n) is 5.32. The predicted molar refractivity (Wildman–Crippen MR) is 69.3 cm³/mol. The third-order valence-electron chi connectivity index (χ3n) is 3.83. The molecule has 1 fully saturated rings. The van der Waals surface area contributed by atoms with Crippen LogP contribution in [0.5, 0.6) is 0 Å². The van der Waals surface area contributed by atoms with Crippen molar-refractivity contribution in [1.82, 2.24) is 0 Å². The normalized spacial score (nSPS) is 47.6. The Balaban J connectivity index is 2.09. The van der Waals surface area contributed by atoms with Crippen molar-refractivity contribution in [1.29, 1.82) is 0 Å². The maximum absolute atomic E-state index is 10.2. The van der Waals surface area contributed by atoms with Gasteiger partial charge in [0.05, 0.1) is 6.10 Å². The maximum Gasteiger partial charge on any atom is 0.187 e. The smallest absolute Gasteiger partial charge is 0.187 e. The van der Waals surface area contributed by atoms with Gasteiger partial charge in [0, 0.05) is 7.11 Å². The van der Waals surface area contributed by atoms with Crippen LogP contribution in [0.4, 0.5) is 0 Å². The maximum atomic E-state index is 10.2. The molecule has 4 N–H and O–H groups in total. The Hall–Kier alpha value is -0.900. The van der Waals surface area contributed by atoms with E-state index in [4.69, 9.17) is 18.9 Å². The summed E-state index contributed by atoms with van der Waals surface area (Å²) in [6.45, 7) is 3.27. The van der Waals surface area contributed by atoms with Gasteiger partial charge in [-0.25, -0.2) is 0 Å². The predicted octanol–water partition coefficient (Wildman–Crippen LogP) is -0.968. The molecule has 0 amide bonds. The molecule has 8 atom stereocenters. The van der Waals surface area contributed by atoms with Gasteiger partial charge >= 0.3 is 0 Å². The lowest BCUT2D eigenvalue weighted by atomic mass is 9.99. The Bertz CT molecular complexity index is 386. The van der Waals surface area contributed by atoms with Crippen LogP contribution >= 0.6 is 0 Å². The van der Waals surface area contributed by atoms with Crippen molar-refractivity contribution in [3.05, 3.63) is 12.0 Å². The molecule has 21 heavy (non-hydrogen) atoms. The number of hydrogen-bond donors (Lipinski definition) is 4. The van der Waals surface area contributed by atoms with E-state index in [1.54, 1.807) is 13.8 Å². The van der Waals surface area contributed by atoms with E-state index in [1.807, 2.05) is 0 Å². The van der Waals surface area contributed by atoms with E-state index in [-0.39, 0.29) is 5.76 Å². The first-order valence-corrected chi connectivity index (χ1v) is 6.79. The summed E-state index contributed by atoms with van der Waals surface area (Å²) < 4.78 is 21.2. The first-order valence-electron chi connectivity index (χ1n) is 6.79. The summed E-state index contributed by atoms with van der Waals surface area (Å²) in [7, 11) is 1.36. The highest BCUT2D eigenvalue weighted by molar-refractivity contribution is 5.04. The van der Waals surface area contributed by atoms with E-state index in [2.05, 4.69) is 0 Å². The van der Waals surface area contributed by atoms with E-state index >= 15 is 0 Å². The molecule has 4 unspecified atom stereocenters. The highest BCUT2D eigenvalue weighted by Gasteiger charge is 2.46. The minimum atomic E-state index is -1.28. The van der Waals surface area contributed by atoms with Crippen LogP contribution in [0.1, 0.15) is 13.8 Å². The lowest BCUT2D eigenvalue weighted by Gasteiger charge is -2.43. The number of rotatable bonds is 3. The zero-order valence-electron chi connectivity index (χ0n) is 12.1. The summed E-state index contributed by atoms with van der Waals surface area (Å²) in [6, 6.07) is 0. The van der Waals surface area contributed by atoms with Gasteiger partial charge in [-0.15, -0.1) is 0 Å². The second-order valence-corrected chi connectivity index (χ2v) is 5.32. The van der Waals surface area contributed by atoms with Crippen molar-refractivity contribution >= 4 is 0 Å². The number of aliphatic hydroxyl groups excluding tert-OH is 4. The Morgan fingerprint density at radius 1 is 1.05 bits per heavy atom. The highest BCUT2D eigenvalue weighted by atomic mass is 16.7. The van der Waals surface area contributed by atoms with Gasteiger partial charge < -0.3 is 39.4 Å². The molecule has 0 saturated carbocycles. The van der Waals surface area contributed by atoms with Crippen LogP contribution in [0.3, 0.4) is 0 Å². The molecular formula is C13H22O8.